The minimum absolute atomic E-state index is 0.139. The molecule has 0 fully saturated rings. The van der Waals surface area contributed by atoms with Crippen LogP contribution in [0.2, 0.25) is 0 Å². The summed E-state index contributed by atoms with van der Waals surface area (Å²) in [5.74, 6) is -0.244. The largest absolute Gasteiger partial charge is 0.330 e. The lowest BCUT2D eigenvalue weighted by Crippen LogP contribution is -2.29. The van der Waals surface area contributed by atoms with Crippen LogP contribution in [0.5, 0.6) is 0 Å². The minimum atomic E-state index is -0.473. The molecule has 152 valence electrons. The Labute approximate surface area is 178 Å². The molecule has 0 radical (unpaired) electrons. The zero-order valence-electron chi connectivity index (χ0n) is 16.5. The van der Waals surface area contributed by atoms with Gasteiger partial charge in [0.15, 0.2) is 0 Å². The number of benzene rings is 3. The number of hydrogen-bond donors (Lipinski definition) is 0. The maximum absolute atomic E-state index is 13.4. The van der Waals surface area contributed by atoms with Gasteiger partial charge in [-0.05, 0) is 34.4 Å². The second-order valence-electron chi connectivity index (χ2n) is 7.41. The van der Waals surface area contributed by atoms with Gasteiger partial charge in [0.2, 0.25) is 0 Å². The van der Waals surface area contributed by atoms with Crippen molar-refractivity contribution in [3.05, 3.63) is 112 Å². The first-order chi connectivity index (χ1) is 15.1. The van der Waals surface area contributed by atoms with Crippen molar-refractivity contribution >= 4 is 11.6 Å². The van der Waals surface area contributed by atoms with E-state index in [9.17, 15) is 14.9 Å². The summed E-state index contributed by atoms with van der Waals surface area (Å²) in [5.41, 5.74) is 4.82. The first kappa shape index (κ1) is 18.7. The smallest absolute Gasteiger partial charge is 0.294 e. The molecule has 0 spiro atoms. The van der Waals surface area contributed by atoms with E-state index in [4.69, 9.17) is 0 Å². The average Bonchev–Trinajstić information content (AvgIpc) is 3.27. The van der Waals surface area contributed by atoms with Crippen molar-refractivity contribution in [2.24, 2.45) is 0 Å². The number of carbonyl (C=O) groups is 1. The number of aromatic nitrogens is 2. The Balaban J connectivity index is 1.55. The summed E-state index contributed by atoms with van der Waals surface area (Å²) < 4.78 is 1.56. The highest BCUT2D eigenvalue weighted by atomic mass is 16.6. The van der Waals surface area contributed by atoms with E-state index in [-0.39, 0.29) is 17.2 Å². The quantitative estimate of drug-likeness (QED) is 0.365. The van der Waals surface area contributed by atoms with Gasteiger partial charge in [0.05, 0.1) is 11.3 Å². The molecule has 1 aliphatic heterocycles. The van der Waals surface area contributed by atoms with Gasteiger partial charge in [-0.1, -0.05) is 48.5 Å². The Morgan fingerprint density at radius 2 is 1.58 bits per heavy atom. The Bertz CT molecular complexity index is 1250. The fourth-order valence-corrected chi connectivity index (χ4v) is 4.06. The van der Waals surface area contributed by atoms with Gasteiger partial charge in [0, 0.05) is 37.1 Å². The zero-order chi connectivity index (χ0) is 21.4. The molecule has 2 heterocycles. The van der Waals surface area contributed by atoms with Crippen LogP contribution < -0.4 is 0 Å². The molecule has 0 bridgehead atoms. The topological polar surface area (TPSA) is 81.3 Å². The molecular formula is C24H18N4O3. The summed E-state index contributed by atoms with van der Waals surface area (Å²) in [6.45, 7) is 0.863. The molecule has 0 unspecified atom stereocenters. The van der Waals surface area contributed by atoms with Crippen LogP contribution in [-0.2, 0) is 13.1 Å². The molecule has 5 rings (SSSR count). The Morgan fingerprint density at radius 1 is 0.935 bits per heavy atom. The fraction of sp³-hybridized carbons (Fsp3) is 0.0833. The number of fused-ring (bicyclic) bond motifs is 3. The zero-order valence-corrected chi connectivity index (χ0v) is 16.5. The van der Waals surface area contributed by atoms with Gasteiger partial charge in [-0.3, -0.25) is 14.9 Å². The Kier molecular flexibility index (Phi) is 4.55. The first-order valence-corrected chi connectivity index (χ1v) is 9.84. The molecule has 1 aliphatic rings. The van der Waals surface area contributed by atoms with Crippen LogP contribution >= 0.6 is 0 Å². The van der Waals surface area contributed by atoms with Crippen LogP contribution in [0.3, 0.4) is 0 Å². The van der Waals surface area contributed by atoms with Crippen molar-refractivity contribution < 1.29 is 9.72 Å². The predicted octanol–water partition coefficient (Wildman–Crippen LogP) is 4.60. The molecule has 0 saturated heterocycles. The Morgan fingerprint density at radius 3 is 2.16 bits per heavy atom. The molecule has 0 saturated carbocycles. The second kappa shape index (κ2) is 7.53. The molecule has 1 amide bonds. The highest BCUT2D eigenvalue weighted by molar-refractivity contribution is 5.96. The van der Waals surface area contributed by atoms with Gasteiger partial charge in [-0.2, -0.15) is 0 Å². The molecule has 7 nitrogen and oxygen atoms in total. The third kappa shape index (κ3) is 3.36. The van der Waals surface area contributed by atoms with Crippen LogP contribution in [0, 0.1) is 10.1 Å². The summed E-state index contributed by atoms with van der Waals surface area (Å²) >= 11 is 0. The summed E-state index contributed by atoms with van der Waals surface area (Å²) in [7, 11) is 0. The lowest BCUT2D eigenvalue weighted by molar-refractivity contribution is -0.384. The second-order valence-corrected chi connectivity index (χ2v) is 7.41. The average molecular weight is 410 g/mol. The molecule has 1 aromatic heterocycles. The van der Waals surface area contributed by atoms with Gasteiger partial charge in [0.1, 0.15) is 5.69 Å². The number of rotatable bonds is 3. The highest BCUT2D eigenvalue weighted by Gasteiger charge is 2.25. The van der Waals surface area contributed by atoms with E-state index in [1.54, 1.807) is 34.0 Å². The van der Waals surface area contributed by atoms with E-state index in [0.29, 0.717) is 18.8 Å². The predicted molar refractivity (Wildman–Crippen MR) is 116 cm³/mol. The number of carbonyl (C=O) groups excluding carboxylic acids is 1. The summed E-state index contributed by atoms with van der Waals surface area (Å²) in [6, 6.07) is 20.6. The number of nitrogens with zero attached hydrogens (tertiary/aromatic N) is 4. The van der Waals surface area contributed by atoms with Crippen LogP contribution in [-0.4, -0.2) is 25.3 Å². The van der Waals surface area contributed by atoms with Gasteiger partial charge in [-0.25, -0.2) is 4.98 Å². The number of nitro groups is 1. The highest BCUT2D eigenvalue weighted by Crippen LogP contribution is 2.33. The van der Waals surface area contributed by atoms with Crippen LogP contribution in [0.4, 0.5) is 5.69 Å². The van der Waals surface area contributed by atoms with Gasteiger partial charge in [0.25, 0.3) is 11.6 Å². The molecule has 0 N–H and O–H groups in total. The minimum Gasteiger partial charge on any atom is -0.330 e. The fourth-order valence-electron chi connectivity index (χ4n) is 4.06. The standard InChI is InChI=1S/C24H18N4O3/c29-24(17-9-10-22(23(13-17)28(30)31)26-12-11-25-16-26)27-14-18-5-1-3-7-20(18)21-8-4-2-6-19(21)15-27/h1-13,16H,14-15H2. The van der Waals surface area contributed by atoms with E-state index in [1.807, 2.05) is 36.4 Å². The summed E-state index contributed by atoms with van der Waals surface area (Å²) in [6.07, 6.45) is 4.67. The Hall–Kier alpha value is -4.26. The van der Waals surface area contributed by atoms with Crippen LogP contribution in [0.15, 0.2) is 85.5 Å². The molecule has 0 aliphatic carbocycles. The molecule has 0 atom stereocenters. The van der Waals surface area contributed by atoms with E-state index in [0.717, 1.165) is 22.3 Å². The maximum atomic E-state index is 13.4. The maximum Gasteiger partial charge on any atom is 0.294 e. The van der Waals surface area contributed by atoms with Crippen molar-refractivity contribution in [2.45, 2.75) is 13.1 Å². The number of nitro benzene ring substituents is 1. The monoisotopic (exact) mass is 410 g/mol. The summed E-state index contributed by atoms with van der Waals surface area (Å²) in [5, 5.41) is 11.7. The van der Waals surface area contributed by atoms with E-state index < -0.39 is 4.92 Å². The summed E-state index contributed by atoms with van der Waals surface area (Å²) in [4.78, 5) is 30.3. The van der Waals surface area contributed by atoms with Crippen LogP contribution in [0.25, 0.3) is 16.8 Å². The number of hydrogen-bond acceptors (Lipinski definition) is 4. The van der Waals surface area contributed by atoms with Crippen molar-refractivity contribution in [2.75, 3.05) is 0 Å². The SMILES string of the molecule is O=C(c1ccc(-n2ccnc2)c([N+](=O)[O-])c1)N1Cc2ccccc2-c2ccccc2C1. The van der Waals surface area contributed by atoms with E-state index >= 15 is 0 Å². The van der Waals surface area contributed by atoms with Crippen molar-refractivity contribution in [1.29, 1.82) is 0 Å². The lowest BCUT2D eigenvalue weighted by atomic mass is 9.97. The van der Waals surface area contributed by atoms with Gasteiger partial charge < -0.3 is 9.47 Å². The molecule has 7 heteroatoms. The third-order valence-corrected chi connectivity index (χ3v) is 5.54. The number of amides is 1. The molecule has 3 aromatic carbocycles. The lowest BCUT2D eigenvalue weighted by Gasteiger charge is -2.22. The van der Waals surface area contributed by atoms with Crippen molar-refractivity contribution in [1.82, 2.24) is 14.5 Å². The third-order valence-electron chi connectivity index (χ3n) is 5.54. The van der Waals surface area contributed by atoms with E-state index in [2.05, 4.69) is 17.1 Å². The van der Waals surface area contributed by atoms with Gasteiger partial charge in [-0.15, -0.1) is 0 Å². The molecular weight excluding hydrogens is 392 g/mol. The number of imidazole rings is 1. The molecule has 4 aromatic rings. The van der Waals surface area contributed by atoms with Crippen LogP contribution in [0.1, 0.15) is 21.5 Å². The molecule has 31 heavy (non-hydrogen) atoms. The van der Waals surface area contributed by atoms with Crippen molar-refractivity contribution in [3.63, 3.8) is 0 Å². The van der Waals surface area contributed by atoms with Crippen molar-refractivity contribution in [3.8, 4) is 16.8 Å². The normalized spacial score (nSPS) is 12.6. The first-order valence-electron chi connectivity index (χ1n) is 9.84. The van der Waals surface area contributed by atoms with E-state index in [1.165, 1.54) is 12.4 Å². The van der Waals surface area contributed by atoms with Gasteiger partial charge >= 0.3 is 0 Å².